The summed E-state index contributed by atoms with van der Waals surface area (Å²) in [5, 5.41) is 0. The van der Waals surface area contributed by atoms with E-state index in [2.05, 4.69) is 4.90 Å². The summed E-state index contributed by atoms with van der Waals surface area (Å²) in [6.07, 6.45) is 0. The maximum atomic E-state index is 7.83. The quantitative estimate of drug-likeness (QED) is 0.595. The Morgan fingerprint density at radius 3 is 2.62 bits per heavy atom. The molecular formula is C12H15N. The van der Waals surface area contributed by atoms with Crippen LogP contribution in [0, 0.1) is 0 Å². The molecule has 0 unspecified atom stereocenters. The summed E-state index contributed by atoms with van der Waals surface area (Å²) in [6.45, 7) is 1.94. The molecule has 0 aromatic heterocycles. The van der Waals surface area contributed by atoms with E-state index >= 15 is 0 Å². The van der Waals surface area contributed by atoms with Gasteiger partial charge in [-0.15, -0.1) is 0 Å². The molecule has 0 saturated heterocycles. The van der Waals surface area contributed by atoms with Gasteiger partial charge in [-0.2, -0.15) is 0 Å². The number of anilines is 1. The van der Waals surface area contributed by atoms with Crippen LogP contribution in [0.2, 0.25) is 0 Å². The Bertz CT molecular complexity index is 398. The number of nitrogens with zero attached hydrogens (tertiary/aromatic N) is 1. The van der Waals surface area contributed by atoms with Crippen molar-refractivity contribution in [1.82, 2.24) is 0 Å². The molecular weight excluding hydrogens is 158 g/mol. The first-order chi connectivity index (χ1) is 7.76. The first-order valence-corrected chi connectivity index (χ1v) is 4.35. The second kappa shape index (κ2) is 3.25. The topological polar surface area (TPSA) is 3.24 Å². The Kier molecular flexibility index (Phi) is 1.37. The van der Waals surface area contributed by atoms with Crippen LogP contribution in [0.5, 0.6) is 0 Å². The van der Waals surface area contributed by atoms with Crippen molar-refractivity contribution in [3.05, 3.63) is 41.5 Å². The standard InChI is InChI=1S/C12H15N/c1-10-8-13(9-11(10)2)12-6-4-3-5-7-12/h3-7H,8-9H2,1-2H3/i1D,2D,6D. The Labute approximate surface area is 83.9 Å². The fourth-order valence-electron chi connectivity index (χ4n) is 1.49. The second-order valence-corrected chi connectivity index (χ2v) is 3.31. The number of hydrogen-bond donors (Lipinski definition) is 0. The first kappa shape index (κ1) is 5.48. The Balaban J connectivity index is 2.20. The molecule has 1 heterocycles. The molecule has 1 aliphatic rings. The third-order valence-corrected chi connectivity index (χ3v) is 2.30. The molecule has 0 atom stereocenters. The predicted octanol–water partition coefficient (Wildman–Crippen LogP) is 2.84. The molecule has 13 heavy (non-hydrogen) atoms. The van der Waals surface area contributed by atoms with Crippen molar-refractivity contribution in [3.63, 3.8) is 0 Å². The zero-order valence-electron chi connectivity index (χ0n) is 10.6. The maximum Gasteiger partial charge on any atom is 0.0645 e. The zero-order valence-corrected chi connectivity index (χ0v) is 7.59. The van der Waals surface area contributed by atoms with E-state index in [1.54, 1.807) is 6.07 Å². The second-order valence-electron chi connectivity index (χ2n) is 3.31. The zero-order chi connectivity index (χ0) is 11.5. The fourth-order valence-corrected chi connectivity index (χ4v) is 1.49. The van der Waals surface area contributed by atoms with E-state index in [1.165, 1.54) is 0 Å². The van der Waals surface area contributed by atoms with E-state index in [1.807, 2.05) is 18.2 Å². The van der Waals surface area contributed by atoms with E-state index in [-0.39, 0.29) is 13.8 Å². The van der Waals surface area contributed by atoms with Crippen LogP contribution in [-0.4, -0.2) is 13.1 Å². The van der Waals surface area contributed by atoms with Crippen LogP contribution < -0.4 is 4.90 Å². The average Bonchev–Trinajstić information content (AvgIpc) is 2.72. The molecule has 1 aromatic carbocycles. The van der Waals surface area contributed by atoms with E-state index in [4.69, 9.17) is 4.11 Å². The molecule has 0 radical (unpaired) electrons. The molecule has 1 aliphatic heterocycles. The van der Waals surface area contributed by atoms with Crippen LogP contribution in [0.25, 0.3) is 0 Å². The van der Waals surface area contributed by atoms with Gasteiger partial charge in [-0.25, -0.2) is 0 Å². The van der Waals surface area contributed by atoms with Crippen molar-refractivity contribution in [1.29, 1.82) is 0 Å². The van der Waals surface area contributed by atoms with Crippen molar-refractivity contribution < 1.29 is 4.11 Å². The van der Waals surface area contributed by atoms with Gasteiger partial charge in [0, 0.05) is 21.5 Å². The van der Waals surface area contributed by atoms with Crippen LogP contribution in [0.4, 0.5) is 5.69 Å². The average molecular weight is 176 g/mol. The molecule has 0 bridgehead atoms. The highest BCUT2D eigenvalue weighted by Crippen LogP contribution is 2.22. The van der Waals surface area contributed by atoms with Crippen molar-refractivity contribution in [2.45, 2.75) is 13.8 Å². The molecule has 68 valence electrons. The number of benzene rings is 1. The normalized spacial score (nSPS) is 20.0. The number of para-hydroxylation sites is 1. The van der Waals surface area contributed by atoms with Gasteiger partial charge in [-0.1, -0.05) is 29.3 Å². The highest BCUT2D eigenvalue weighted by Gasteiger charge is 2.15. The summed E-state index contributed by atoms with van der Waals surface area (Å²) < 4.78 is 22.7. The summed E-state index contributed by atoms with van der Waals surface area (Å²) in [4.78, 5) is 2.08. The van der Waals surface area contributed by atoms with Gasteiger partial charge in [0.25, 0.3) is 0 Å². The first-order valence-electron chi connectivity index (χ1n) is 6.26. The van der Waals surface area contributed by atoms with Gasteiger partial charge in [0.1, 0.15) is 0 Å². The van der Waals surface area contributed by atoms with Crippen molar-refractivity contribution >= 4 is 5.69 Å². The fraction of sp³-hybridized carbons (Fsp3) is 0.333. The van der Waals surface area contributed by atoms with Gasteiger partial charge < -0.3 is 4.90 Å². The van der Waals surface area contributed by atoms with Crippen molar-refractivity contribution in [2.24, 2.45) is 0 Å². The van der Waals surface area contributed by atoms with E-state index in [9.17, 15) is 0 Å². The molecule has 0 amide bonds. The maximum absolute atomic E-state index is 7.83. The molecule has 1 nitrogen and oxygen atoms in total. The summed E-state index contributed by atoms with van der Waals surface area (Å²) in [5.41, 5.74) is 2.98. The predicted molar refractivity (Wildman–Crippen MR) is 57.0 cm³/mol. The van der Waals surface area contributed by atoms with E-state index in [0.717, 1.165) is 16.8 Å². The summed E-state index contributed by atoms with van der Waals surface area (Å²) >= 11 is 0. The minimum atomic E-state index is 0.269. The summed E-state index contributed by atoms with van der Waals surface area (Å²) in [5.74, 6) is 0. The summed E-state index contributed by atoms with van der Waals surface area (Å²) in [6, 6.07) is 7.99. The Morgan fingerprint density at radius 2 is 2.00 bits per heavy atom. The Morgan fingerprint density at radius 1 is 1.23 bits per heavy atom. The molecule has 0 fully saturated rings. The van der Waals surface area contributed by atoms with Gasteiger partial charge in [0.2, 0.25) is 0 Å². The number of rotatable bonds is 1. The number of hydrogen-bond acceptors (Lipinski definition) is 1. The van der Waals surface area contributed by atoms with Crippen LogP contribution >= 0.6 is 0 Å². The molecule has 0 saturated carbocycles. The van der Waals surface area contributed by atoms with Crippen molar-refractivity contribution in [3.8, 4) is 0 Å². The van der Waals surface area contributed by atoms with Crippen LogP contribution in [0.3, 0.4) is 0 Å². The highest BCUT2D eigenvalue weighted by molar-refractivity contribution is 5.51. The van der Waals surface area contributed by atoms with E-state index < -0.39 is 0 Å². The van der Waals surface area contributed by atoms with Gasteiger partial charge in [0.15, 0.2) is 0 Å². The molecule has 0 N–H and O–H groups in total. The lowest BCUT2D eigenvalue weighted by Crippen LogP contribution is -2.19. The largest absolute Gasteiger partial charge is 0.364 e. The lowest BCUT2D eigenvalue weighted by atomic mass is 10.2. The molecule has 0 spiro atoms. The smallest absolute Gasteiger partial charge is 0.0645 e. The van der Waals surface area contributed by atoms with Crippen LogP contribution in [0.15, 0.2) is 41.5 Å². The lowest BCUT2D eigenvalue weighted by Gasteiger charge is -2.18. The van der Waals surface area contributed by atoms with Crippen LogP contribution in [0.1, 0.15) is 17.9 Å². The third kappa shape index (κ3) is 1.59. The third-order valence-electron chi connectivity index (χ3n) is 2.30. The highest BCUT2D eigenvalue weighted by atomic mass is 15.1. The van der Waals surface area contributed by atoms with Crippen molar-refractivity contribution in [2.75, 3.05) is 18.0 Å². The van der Waals surface area contributed by atoms with Gasteiger partial charge >= 0.3 is 0 Å². The molecule has 0 aliphatic carbocycles. The SMILES string of the molecule is [2H]CC1=C(C[2H])CN(c2ccccc2[2H])C1. The van der Waals surface area contributed by atoms with Gasteiger partial charge in [-0.3, -0.25) is 0 Å². The summed E-state index contributed by atoms with van der Waals surface area (Å²) in [7, 11) is 0. The minimum absolute atomic E-state index is 0.269. The molecule has 1 heteroatoms. The van der Waals surface area contributed by atoms with Crippen LogP contribution in [-0.2, 0) is 0 Å². The lowest BCUT2D eigenvalue weighted by molar-refractivity contribution is 0.974. The van der Waals surface area contributed by atoms with Gasteiger partial charge in [0.05, 0.1) is 1.37 Å². The Hall–Kier alpha value is -1.24. The molecule has 1 aromatic rings. The minimum Gasteiger partial charge on any atom is -0.364 e. The molecule has 2 rings (SSSR count). The van der Waals surface area contributed by atoms with Gasteiger partial charge in [-0.05, 0) is 25.9 Å². The van der Waals surface area contributed by atoms with E-state index in [0.29, 0.717) is 19.1 Å². The monoisotopic (exact) mass is 176 g/mol.